The van der Waals surface area contributed by atoms with E-state index in [-0.39, 0.29) is 12.5 Å². The normalized spacial score (nSPS) is 10.3. The van der Waals surface area contributed by atoms with Crippen LogP contribution in [-0.2, 0) is 4.74 Å². The lowest BCUT2D eigenvalue weighted by atomic mass is 10.1. The number of rotatable bonds is 5. The third kappa shape index (κ3) is 3.92. The minimum absolute atomic E-state index is 0.271. The number of carbonyl (C=O) groups is 2. The summed E-state index contributed by atoms with van der Waals surface area (Å²) < 4.78 is 5.01. The first kappa shape index (κ1) is 16.9. The number of hydrogen-bond acceptors (Lipinski definition) is 5. The van der Waals surface area contributed by atoms with E-state index in [1.54, 1.807) is 36.6 Å². The molecular weight excluding hydrogens is 336 g/mol. The molecule has 1 N–H and O–H groups in total. The highest BCUT2D eigenvalue weighted by Gasteiger charge is 2.17. The molecule has 0 aliphatic rings. The number of amides is 1. The van der Waals surface area contributed by atoms with Crippen molar-refractivity contribution in [3.63, 3.8) is 0 Å². The zero-order valence-electron chi connectivity index (χ0n) is 13.6. The van der Waals surface area contributed by atoms with E-state index >= 15 is 0 Å². The number of thiazole rings is 1. The lowest BCUT2D eigenvalue weighted by Crippen LogP contribution is -2.16. The van der Waals surface area contributed by atoms with E-state index in [2.05, 4.69) is 10.3 Å². The molecule has 2 aromatic carbocycles. The van der Waals surface area contributed by atoms with Crippen molar-refractivity contribution >= 4 is 28.9 Å². The molecule has 0 unspecified atom stereocenters. The summed E-state index contributed by atoms with van der Waals surface area (Å²) >= 11 is 1.40. The van der Waals surface area contributed by atoms with Gasteiger partial charge in [0.25, 0.3) is 5.91 Å². The van der Waals surface area contributed by atoms with E-state index in [9.17, 15) is 9.59 Å². The van der Waals surface area contributed by atoms with Gasteiger partial charge in [-0.2, -0.15) is 0 Å². The second kappa shape index (κ2) is 7.72. The molecule has 1 amide bonds. The van der Waals surface area contributed by atoms with Gasteiger partial charge in [-0.15, -0.1) is 11.3 Å². The summed E-state index contributed by atoms with van der Waals surface area (Å²) in [4.78, 5) is 28.8. The van der Waals surface area contributed by atoms with Crippen LogP contribution in [0.5, 0.6) is 0 Å². The molecule has 1 aromatic heterocycles. The number of anilines is 1. The third-order valence-electron chi connectivity index (χ3n) is 3.43. The molecular formula is C19H16N2O3S. The highest BCUT2D eigenvalue weighted by atomic mass is 32.1. The maximum absolute atomic E-state index is 12.5. The molecule has 5 nitrogen and oxygen atoms in total. The lowest BCUT2D eigenvalue weighted by molar-refractivity contribution is 0.0527. The van der Waals surface area contributed by atoms with Gasteiger partial charge in [-0.05, 0) is 19.1 Å². The Morgan fingerprint density at radius 2 is 1.80 bits per heavy atom. The van der Waals surface area contributed by atoms with Crippen LogP contribution in [0.2, 0.25) is 0 Å². The number of ether oxygens (including phenoxy) is 1. The summed E-state index contributed by atoms with van der Waals surface area (Å²) in [5.41, 5.74) is 1.98. The van der Waals surface area contributed by atoms with Crippen LogP contribution in [0.1, 0.15) is 27.8 Å². The Bertz CT molecular complexity index is 890. The standard InChI is InChI=1S/C19H16N2O3S/c1-2-24-19(23)14-10-6-7-11-15(14)20-17(22)16-12-25-18(21-16)13-8-4-3-5-9-13/h3-12H,2H2,1H3,(H,20,22). The van der Waals surface area contributed by atoms with E-state index in [1.807, 2.05) is 30.3 Å². The number of benzene rings is 2. The lowest BCUT2D eigenvalue weighted by Gasteiger charge is -2.09. The second-order valence-electron chi connectivity index (χ2n) is 5.12. The van der Waals surface area contributed by atoms with Crippen molar-refractivity contribution in [2.75, 3.05) is 11.9 Å². The van der Waals surface area contributed by atoms with Crippen LogP contribution in [-0.4, -0.2) is 23.5 Å². The first-order valence-corrected chi connectivity index (χ1v) is 8.65. The van der Waals surface area contributed by atoms with Crippen molar-refractivity contribution in [2.45, 2.75) is 6.92 Å². The molecule has 0 bridgehead atoms. The zero-order chi connectivity index (χ0) is 17.6. The molecule has 0 aliphatic heterocycles. The Morgan fingerprint density at radius 3 is 2.56 bits per heavy atom. The van der Waals surface area contributed by atoms with E-state index < -0.39 is 5.97 Å². The monoisotopic (exact) mass is 352 g/mol. The van der Waals surface area contributed by atoms with Gasteiger partial charge in [0.1, 0.15) is 10.7 Å². The summed E-state index contributed by atoms with van der Waals surface area (Å²) in [6, 6.07) is 16.4. The van der Waals surface area contributed by atoms with Gasteiger partial charge in [0.2, 0.25) is 0 Å². The van der Waals surface area contributed by atoms with Gasteiger partial charge in [0, 0.05) is 10.9 Å². The highest BCUT2D eigenvalue weighted by molar-refractivity contribution is 7.13. The minimum atomic E-state index is -0.471. The van der Waals surface area contributed by atoms with Crippen LogP contribution in [0.15, 0.2) is 60.0 Å². The molecule has 0 saturated heterocycles. The Labute approximate surface area is 149 Å². The topological polar surface area (TPSA) is 68.3 Å². The van der Waals surface area contributed by atoms with E-state index in [0.717, 1.165) is 10.6 Å². The Kier molecular flexibility index (Phi) is 5.20. The van der Waals surface area contributed by atoms with Crippen molar-refractivity contribution in [2.24, 2.45) is 0 Å². The first-order valence-electron chi connectivity index (χ1n) is 7.77. The van der Waals surface area contributed by atoms with Gasteiger partial charge in [-0.1, -0.05) is 42.5 Å². The largest absolute Gasteiger partial charge is 0.462 e. The molecule has 1 heterocycles. The predicted molar refractivity (Wildman–Crippen MR) is 97.9 cm³/mol. The van der Waals surface area contributed by atoms with E-state index in [1.165, 1.54) is 11.3 Å². The molecule has 25 heavy (non-hydrogen) atoms. The van der Waals surface area contributed by atoms with Gasteiger partial charge in [-0.3, -0.25) is 4.79 Å². The number of esters is 1. The molecule has 0 aliphatic carbocycles. The Balaban J connectivity index is 1.80. The smallest absolute Gasteiger partial charge is 0.340 e. The maximum atomic E-state index is 12.5. The number of nitrogens with zero attached hydrogens (tertiary/aromatic N) is 1. The number of carbonyl (C=O) groups excluding carboxylic acids is 2. The summed E-state index contributed by atoms with van der Waals surface area (Å²) in [5, 5.41) is 5.20. The first-order chi connectivity index (χ1) is 12.2. The average molecular weight is 352 g/mol. The SMILES string of the molecule is CCOC(=O)c1ccccc1NC(=O)c1csc(-c2ccccc2)n1. The summed E-state index contributed by atoms with van der Waals surface area (Å²) in [5.74, 6) is -0.836. The summed E-state index contributed by atoms with van der Waals surface area (Å²) in [6.07, 6.45) is 0. The predicted octanol–water partition coefficient (Wildman–Crippen LogP) is 4.24. The van der Waals surface area contributed by atoms with Gasteiger partial charge in [0.15, 0.2) is 0 Å². The highest BCUT2D eigenvalue weighted by Crippen LogP contribution is 2.24. The quantitative estimate of drug-likeness (QED) is 0.698. The van der Waals surface area contributed by atoms with Crippen LogP contribution in [0.3, 0.4) is 0 Å². The molecule has 0 atom stereocenters. The van der Waals surface area contributed by atoms with Crippen molar-refractivity contribution in [1.29, 1.82) is 0 Å². The van der Waals surface area contributed by atoms with Gasteiger partial charge in [0.05, 0.1) is 17.9 Å². The summed E-state index contributed by atoms with van der Waals surface area (Å²) in [7, 11) is 0. The van der Waals surface area contributed by atoms with Crippen LogP contribution < -0.4 is 5.32 Å². The van der Waals surface area contributed by atoms with Gasteiger partial charge >= 0.3 is 5.97 Å². The van der Waals surface area contributed by atoms with Crippen LogP contribution in [0.4, 0.5) is 5.69 Å². The van der Waals surface area contributed by atoms with Crippen molar-refractivity contribution < 1.29 is 14.3 Å². The van der Waals surface area contributed by atoms with E-state index in [4.69, 9.17) is 4.74 Å². The fourth-order valence-electron chi connectivity index (χ4n) is 2.26. The molecule has 6 heteroatoms. The Hall–Kier alpha value is -2.99. The molecule has 3 rings (SSSR count). The summed E-state index contributed by atoms with van der Waals surface area (Å²) in [6.45, 7) is 2.01. The number of hydrogen-bond donors (Lipinski definition) is 1. The van der Waals surface area contributed by atoms with E-state index in [0.29, 0.717) is 16.9 Å². The van der Waals surface area contributed by atoms with Crippen LogP contribution in [0.25, 0.3) is 10.6 Å². The Morgan fingerprint density at radius 1 is 1.08 bits per heavy atom. The molecule has 0 fully saturated rings. The third-order valence-corrected chi connectivity index (χ3v) is 4.32. The van der Waals surface area contributed by atoms with Gasteiger partial charge < -0.3 is 10.1 Å². The fraction of sp³-hybridized carbons (Fsp3) is 0.105. The number of aromatic nitrogens is 1. The molecule has 126 valence electrons. The molecule has 0 radical (unpaired) electrons. The van der Waals surface area contributed by atoms with Gasteiger partial charge in [-0.25, -0.2) is 9.78 Å². The molecule has 3 aromatic rings. The maximum Gasteiger partial charge on any atom is 0.340 e. The van der Waals surface area contributed by atoms with Crippen LogP contribution in [0, 0.1) is 0 Å². The van der Waals surface area contributed by atoms with Crippen molar-refractivity contribution in [1.82, 2.24) is 4.98 Å². The van der Waals surface area contributed by atoms with Crippen molar-refractivity contribution in [3.8, 4) is 10.6 Å². The average Bonchev–Trinajstić information content (AvgIpc) is 3.13. The molecule has 0 spiro atoms. The zero-order valence-corrected chi connectivity index (χ0v) is 14.4. The number of para-hydroxylation sites is 1. The van der Waals surface area contributed by atoms with Crippen molar-refractivity contribution in [3.05, 3.63) is 71.2 Å². The molecule has 0 saturated carbocycles. The minimum Gasteiger partial charge on any atom is -0.462 e. The number of nitrogens with one attached hydrogen (secondary N) is 1. The van der Waals surface area contributed by atoms with Crippen LogP contribution >= 0.6 is 11.3 Å². The fourth-order valence-corrected chi connectivity index (χ4v) is 3.06. The second-order valence-corrected chi connectivity index (χ2v) is 5.98.